The van der Waals surface area contributed by atoms with E-state index in [-0.39, 0.29) is 0 Å². The van der Waals surface area contributed by atoms with Crippen LogP contribution >= 0.6 is 12.2 Å². The van der Waals surface area contributed by atoms with Gasteiger partial charge in [-0.05, 0) is 24.6 Å². The lowest BCUT2D eigenvalue weighted by Gasteiger charge is -1.96. The van der Waals surface area contributed by atoms with Crippen LogP contribution in [0.1, 0.15) is 45.4 Å². The van der Waals surface area contributed by atoms with Crippen LogP contribution in [0.15, 0.2) is 0 Å². The molecule has 0 saturated heterocycles. The van der Waals surface area contributed by atoms with Crippen molar-refractivity contribution in [3.05, 3.63) is 0 Å². The van der Waals surface area contributed by atoms with E-state index in [4.69, 9.17) is 0 Å². The summed E-state index contributed by atoms with van der Waals surface area (Å²) in [5.41, 5.74) is 0. The fourth-order valence-electron chi connectivity index (χ4n) is 0.882. The number of carbonyl (C=O) groups is 1. The van der Waals surface area contributed by atoms with E-state index >= 15 is 0 Å². The number of unbranched alkanes of at least 4 members (excludes halogenated alkanes) is 2. The molecule has 1 nitrogen and oxygen atoms in total. The minimum Gasteiger partial charge on any atom is -0.300 e. The molecule has 0 atom stereocenters. The van der Waals surface area contributed by atoms with E-state index in [1.807, 2.05) is 0 Å². The Kier molecular flexibility index (Phi) is 7.69. The van der Waals surface area contributed by atoms with Crippen LogP contribution in [-0.2, 0) is 4.79 Å². The number of Topliss-reactive ketones (excluding diaryl/α,β-unsaturated/α-hetero) is 1. The summed E-state index contributed by atoms with van der Waals surface area (Å²) in [6, 6.07) is 0. The molecule has 64 valence electrons. The van der Waals surface area contributed by atoms with Gasteiger partial charge in [-0.15, -0.1) is 0 Å². The second-order valence-corrected chi connectivity index (χ2v) is 3.03. The lowest BCUT2D eigenvalue weighted by atomic mass is 10.1. The van der Waals surface area contributed by atoms with Crippen LogP contribution < -0.4 is 0 Å². The number of ketones is 1. The van der Waals surface area contributed by atoms with Crippen LogP contribution in [-0.4, -0.2) is 11.2 Å². The monoisotopic (exact) mass is 172 g/mol. The van der Waals surface area contributed by atoms with Crippen molar-refractivity contribution in [1.29, 1.82) is 0 Å². The van der Waals surface area contributed by atoms with Crippen LogP contribution in [0.3, 0.4) is 0 Å². The first-order chi connectivity index (χ1) is 5.31. The van der Waals surface area contributed by atoms with Crippen molar-refractivity contribution in [3.63, 3.8) is 0 Å². The molecule has 0 N–H and O–H groups in total. The molecule has 2 heteroatoms. The van der Waals surface area contributed by atoms with Gasteiger partial charge in [-0.25, -0.2) is 0 Å². The van der Waals surface area contributed by atoms with Gasteiger partial charge in [0, 0.05) is 12.8 Å². The molecule has 0 spiro atoms. The van der Waals surface area contributed by atoms with Gasteiger partial charge in [-0.3, -0.25) is 4.79 Å². The minimum atomic E-state index is 0.392. The summed E-state index contributed by atoms with van der Waals surface area (Å²) < 4.78 is 0. The summed E-state index contributed by atoms with van der Waals surface area (Å²) in [5, 5.41) is 1.70. The van der Waals surface area contributed by atoms with Crippen molar-refractivity contribution in [1.82, 2.24) is 0 Å². The largest absolute Gasteiger partial charge is 0.300 e. The summed E-state index contributed by atoms with van der Waals surface area (Å²) in [5.74, 6) is 0.392. The third kappa shape index (κ3) is 7.66. The van der Waals surface area contributed by atoms with Gasteiger partial charge in [0.15, 0.2) is 0 Å². The Balaban J connectivity index is 3.15. The standard InChI is InChI=1S/C9H16OS/c1-2-3-6-9(10)7-4-5-8-11/h8H,2-7H2,1H3. The molecular formula is C9H16OS. The molecule has 0 amide bonds. The molecule has 0 bridgehead atoms. The van der Waals surface area contributed by atoms with E-state index in [1.54, 1.807) is 5.37 Å². The molecule has 0 aliphatic heterocycles. The predicted molar refractivity (Wildman–Crippen MR) is 52.0 cm³/mol. The van der Waals surface area contributed by atoms with Gasteiger partial charge >= 0.3 is 0 Å². The highest BCUT2D eigenvalue weighted by Gasteiger charge is 1.98. The van der Waals surface area contributed by atoms with Crippen LogP contribution in [0.25, 0.3) is 0 Å². The number of hydrogen-bond donors (Lipinski definition) is 0. The zero-order chi connectivity index (χ0) is 8.53. The van der Waals surface area contributed by atoms with E-state index in [1.165, 1.54) is 0 Å². The number of carbonyl (C=O) groups excluding carboxylic acids is 1. The van der Waals surface area contributed by atoms with Gasteiger partial charge < -0.3 is 0 Å². The highest BCUT2D eigenvalue weighted by atomic mass is 32.1. The van der Waals surface area contributed by atoms with Gasteiger partial charge in [0.2, 0.25) is 0 Å². The molecule has 0 unspecified atom stereocenters. The molecule has 0 aromatic heterocycles. The maximum atomic E-state index is 11.0. The SMILES string of the molecule is CCCCC(=O)CCCC=S. The Morgan fingerprint density at radius 2 is 2.00 bits per heavy atom. The molecule has 0 aromatic rings. The van der Waals surface area contributed by atoms with E-state index in [0.717, 1.165) is 32.1 Å². The summed E-state index contributed by atoms with van der Waals surface area (Å²) in [7, 11) is 0. The number of hydrogen-bond acceptors (Lipinski definition) is 2. The van der Waals surface area contributed by atoms with Gasteiger partial charge in [-0.1, -0.05) is 25.6 Å². The molecule has 0 fully saturated rings. The molecule has 11 heavy (non-hydrogen) atoms. The first-order valence-electron chi connectivity index (χ1n) is 4.26. The highest BCUT2D eigenvalue weighted by molar-refractivity contribution is 7.78. The third-order valence-electron chi connectivity index (χ3n) is 1.59. The Labute approximate surface area is 74.2 Å². The summed E-state index contributed by atoms with van der Waals surface area (Å²) in [6.45, 7) is 2.10. The molecular weight excluding hydrogens is 156 g/mol. The van der Waals surface area contributed by atoms with Gasteiger partial charge in [0.1, 0.15) is 5.78 Å². The van der Waals surface area contributed by atoms with Crippen LogP contribution in [0, 0.1) is 0 Å². The van der Waals surface area contributed by atoms with Crippen molar-refractivity contribution in [2.45, 2.75) is 45.4 Å². The first kappa shape index (κ1) is 10.8. The van der Waals surface area contributed by atoms with Crippen molar-refractivity contribution in [2.75, 3.05) is 0 Å². The Morgan fingerprint density at radius 1 is 1.36 bits per heavy atom. The Morgan fingerprint density at radius 3 is 2.55 bits per heavy atom. The predicted octanol–water partition coefficient (Wildman–Crippen LogP) is 2.92. The first-order valence-corrected chi connectivity index (χ1v) is 4.73. The second-order valence-electron chi connectivity index (χ2n) is 2.70. The second kappa shape index (κ2) is 7.86. The molecule has 0 aliphatic carbocycles. The van der Waals surface area contributed by atoms with Gasteiger partial charge in [-0.2, -0.15) is 0 Å². The zero-order valence-corrected chi connectivity index (χ0v) is 7.95. The molecule has 0 heterocycles. The molecule has 0 rings (SSSR count). The quantitative estimate of drug-likeness (QED) is 0.434. The average molecular weight is 172 g/mol. The molecule has 0 aromatic carbocycles. The van der Waals surface area contributed by atoms with Crippen molar-refractivity contribution in [3.8, 4) is 0 Å². The highest BCUT2D eigenvalue weighted by Crippen LogP contribution is 2.02. The van der Waals surface area contributed by atoms with Crippen LogP contribution in [0.4, 0.5) is 0 Å². The Hall–Kier alpha value is -0.240. The number of thiocarbonyl (C=S) groups is 1. The number of rotatable bonds is 7. The van der Waals surface area contributed by atoms with Gasteiger partial charge in [0.05, 0.1) is 0 Å². The lowest BCUT2D eigenvalue weighted by molar-refractivity contribution is -0.119. The van der Waals surface area contributed by atoms with Crippen molar-refractivity contribution in [2.24, 2.45) is 0 Å². The smallest absolute Gasteiger partial charge is 0.132 e. The van der Waals surface area contributed by atoms with Crippen LogP contribution in [0.5, 0.6) is 0 Å². The van der Waals surface area contributed by atoms with Crippen molar-refractivity contribution >= 4 is 23.4 Å². The maximum absolute atomic E-state index is 11.0. The average Bonchev–Trinajstić information content (AvgIpc) is 2.01. The lowest BCUT2D eigenvalue weighted by Crippen LogP contribution is -1.96. The Bertz CT molecular complexity index is 121. The van der Waals surface area contributed by atoms with Crippen LogP contribution in [0.2, 0.25) is 0 Å². The van der Waals surface area contributed by atoms with Gasteiger partial charge in [0.25, 0.3) is 0 Å². The van der Waals surface area contributed by atoms with Crippen molar-refractivity contribution < 1.29 is 4.79 Å². The third-order valence-corrected chi connectivity index (χ3v) is 1.82. The van der Waals surface area contributed by atoms with E-state index in [2.05, 4.69) is 19.1 Å². The minimum absolute atomic E-state index is 0.392. The fraction of sp³-hybridized carbons (Fsp3) is 0.778. The maximum Gasteiger partial charge on any atom is 0.132 e. The molecule has 0 radical (unpaired) electrons. The summed E-state index contributed by atoms with van der Waals surface area (Å²) in [4.78, 5) is 11.0. The van der Waals surface area contributed by atoms with E-state index in [0.29, 0.717) is 12.2 Å². The zero-order valence-electron chi connectivity index (χ0n) is 7.14. The molecule has 0 aliphatic rings. The summed E-state index contributed by atoms with van der Waals surface area (Å²) >= 11 is 4.66. The normalized spacial score (nSPS) is 9.55. The fourth-order valence-corrected chi connectivity index (χ4v) is 1.05. The topological polar surface area (TPSA) is 17.1 Å². The summed E-state index contributed by atoms with van der Waals surface area (Å²) in [6.07, 6.45) is 5.45. The van der Waals surface area contributed by atoms with E-state index < -0.39 is 0 Å². The molecule has 0 saturated carbocycles. The van der Waals surface area contributed by atoms with E-state index in [9.17, 15) is 4.79 Å².